The number of nitrogen functional groups attached to an aromatic ring is 1. The van der Waals surface area contributed by atoms with E-state index in [0.29, 0.717) is 0 Å². The Hall–Kier alpha value is -1.02. The summed E-state index contributed by atoms with van der Waals surface area (Å²) in [6.45, 7) is 6.50. The maximum atomic E-state index is 7.00. The van der Waals surface area contributed by atoms with Crippen molar-refractivity contribution in [2.24, 2.45) is 0 Å². The van der Waals surface area contributed by atoms with E-state index >= 15 is 0 Å². The molecule has 0 heterocycles. The zero-order valence-electron chi connectivity index (χ0n) is 8.83. The lowest BCUT2D eigenvalue weighted by Gasteiger charge is -2.20. The third kappa shape index (κ3) is 3.47. The number of anilines is 1. The van der Waals surface area contributed by atoms with Crippen LogP contribution in [0.3, 0.4) is 0 Å². The van der Waals surface area contributed by atoms with Gasteiger partial charge in [0.1, 0.15) is 0 Å². The Bertz CT molecular complexity index is 251. The number of benzene rings is 1. The average Bonchev–Trinajstić information content (AvgIpc) is 2.07. The summed E-state index contributed by atoms with van der Waals surface area (Å²) in [6.07, 6.45) is 0. The number of aliphatic hydroxyl groups is 1. The summed E-state index contributed by atoms with van der Waals surface area (Å²) in [5.74, 6) is 0. The minimum Gasteiger partial charge on any atom is -0.400 e. The summed E-state index contributed by atoms with van der Waals surface area (Å²) >= 11 is 0. The van der Waals surface area contributed by atoms with E-state index in [1.165, 1.54) is 5.56 Å². The van der Waals surface area contributed by atoms with Crippen LogP contribution < -0.4 is 5.73 Å². The van der Waals surface area contributed by atoms with E-state index in [-0.39, 0.29) is 5.41 Å². The van der Waals surface area contributed by atoms with Gasteiger partial charge in [0.2, 0.25) is 0 Å². The quantitative estimate of drug-likeness (QED) is 0.602. The van der Waals surface area contributed by atoms with Crippen molar-refractivity contribution in [3.8, 4) is 0 Å². The second-order valence-electron chi connectivity index (χ2n) is 3.84. The molecule has 0 unspecified atom stereocenters. The molecule has 0 aromatic heterocycles. The summed E-state index contributed by atoms with van der Waals surface area (Å²) in [5, 5.41) is 7.00. The predicted octanol–water partition coefficient (Wildman–Crippen LogP) is 2.17. The van der Waals surface area contributed by atoms with E-state index in [0.717, 1.165) is 12.8 Å². The predicted molar refractivity (Wildman–Crippen MR) is 57.7 cm³/mol. The van der Waals surface area contributed by atoms with Crippen LogP contribution >= 0.6 is 0 Å². The molecular formula is C11H19NO. The van der Waals surface area contributed by atoms with Crippen LogP contribution in [0.25, 0.3) is 0 Å². The molecule has 0 spiro atoms. The number of aliphatic hydroxyl groups excluding tert-OH is 1. The van der Waals surface area contributed by atoms with Gasteiger partial charge in [-0.05, 0) is 17.0 Å². The molecule has 0 amide bonds. The first kappa shape index (κ1) is 12.0. The van der Waals surface area contributed by atoms with Crippen molar-refractivity contribution in [2.75, 3.05) is 12.8 Å². The Morgan fingerprint density at radius 3 is 1.85 bits per heavy atom. The van der Waals surface area contributed by atoms with Crippen LogP contribution in [-0.2, 0) is 5.41 Å². The van der Waals surface area contributed by atoms with E-state index < -0.39 is 0 Å². The van der Waals surface area contributed by atoms with Crippen molar-refractivity contribution in [1.82, 2.24) is 0 Å². The van der Waals surface area contributed by atoms with Gasteiger partial charge in [0, 0.05) is 12.8 Å². The molecule has 2 nitrogen and oxygen atoms in total. The van der Waals surface area contributed by atoms with Gasteiger partial charge in [-0.1, -0.05) is 39.0 Å². The number of para-hydroxylation sites is 1. The summed E-state index contributed by atoms with van der Waals surface area (Å²) in [4.78, 5) is 0. The van der Waals surface area contributed by atoms with Crippen LogP contribution in [0, 0.1) is 0 Å². The highest BCUT2D eigenvalue weighted by atomic mass is 16.2. The van der Waals surface area contributed by atoms with Crippen LogP contribution in [0.2, 0.25) is 0 Å². The van der Waals surface area contributed by atoms with Crippen LogP contribution in [0.1, 0.15) is 26.3 Å². The molecule has 0 atom stereocenters. The summed E-state index contributed by atoms with van der Waals surface area (Å²) in [5.41, 5.74) is 8.08. The maximum absolute atomic E-state index is 7.00. The number of nitrogens with two attached hydrogens (primary N) is 1. The number of hydrogen-bond acceptors (Lipinski definition) is 2. The molecular weight excluding hydrogens is 162 g/mol. The fourth-order valence-corrected chi connectivity index (χ4v) is 1.18. The SMILES string of the molecule is CC(C)(C)c1ccccc1N.CO. The van der Waals surface area contributed by atoms with E-state index in [2.05, 4.69) is 26.8 Å². The van der Waals surface area contributed by atoms with Gasteiger partial charge < -0.3 is 10.8 Å². The van der Waals surface area contributed by atoms with E-state index in [1.54, 1.807) is 0 Å². The normalized spacial score (nSPS) is 10.2. The molecule has 0 fully saturated rings. The Morgan fingerprint density at radius 2 is 1.54 bits per heavy atom. The Morgan fingerprint density at radius 1 is 1.08 bits per heavy atom. The second-order valence-corrected chi connectivity index (χ2v) is 3.84. The van der Waals surface area contributed by atoms with Gasteiger partial charge in [-0.15, -0.1) is 0 Å². The van der Waals surface area contributed by atoms with Crippen molar-refractivity contribution in [1.29, 1.82) is 0 Å². The molecule has 0 bridgehead atoms. The van der Waals surface area contributed by atoms with Crippen LogP contribution in [0.4, 0.5) is 5.69 Å². The highest BCUT2D eigenvalue weighted by Gasteiger charge is 2.15. The molecule has 0 aliphatic rings. The molecule has 0 aliphatic heterocycles. The lowest BCUT2D eigenvalue weighted by molar-refractivity contribution is 0.399. The smallest absolute Gasteiger partial charge is 0.0351 e. The maximum Gasteiger partial charge on any atom is 0.0351 e. The number of hydrogen-bond donors (Lipinski definition) is 2. The Labute approximate surface area is 80.4 Å². The zero-order valence-corrected chi connectivity index (χ0v) is 8.83. The van der Waals surface area contributed by atoms with Crippen molar-refractivity contribution < 1.29 is 5.11 Å². The van der Waals surface area contributed by atoms with Gasteiger partial charge in [-0.25, -0.2) is 0 Å². The van der Waals surface area contributed by atoms with Crippen LogP contribution in [-0.4, -0.2) is 12.2 Å². The molecule has 1 aromatic carbocycles. The number of rotatable bonds is 0. The van der Waals surface area contributed by atoms with Crippen LogP contribution in [0.5, 0.6) is 0 Å². The highest BCUT2D eigenvalue weighted by Crippen LogP contribution is 2.26. The second kappa shape index (κ2) is 4.87. The molecule has 74 valence electrons. The first-order chi connectivity index (χ1) is 6.02. The third-order valence-electron chi connectivity index (χ3n) is 1.77. The first-order valence-electron chi connectivity index (χ1n) is 4.31. The Balaban J connectivity index is 0.000000671. The van der Waals surface area contributed by atoms with Gasteiger partial charge >= 0.3 is 0 Å². The lowest BCUT2D eigenvalue weighted by atomic mass is 9.86. The monoisotopic (exact) mass is 181 g/mol. The molecule has 3 N–H and O–H groups in total. The van der Waals surface area contributed by atoms with E-state index in [9.17, 15) is 0 Å². The minimum atomic E-state index is 0.158. The van der Waals surface area contributed by atoms with Gasteiger partial charge in [-0.3, -0.25) is 0 Å². The van der Waals surface area contributed by atoms with Crippen molar-refractivity contribution in [3.63, 3.8) is 0 Å². The van der Waals surface area contributed by atoms with E-state index in [1.807, 2.05) is 18.2 Å². The average molecular weight is 181 g/mol. The van der Waals surface area contributed by atoms with Gasteiger partial charge in [0.15, 0.2) is 0 Å². The lowest BCUT2D eigenvalue weighted by Crippen LogP contribution is -2.13. The molecule has 0 radical (unpaired) electrons. The summed E-state index contributed by atoms with van der Waals surface area (Å²) in [6, 6.07) is 8.01. The minimum absolute atomic E-state index is 0.158. The molecule has 13 heavy (non-hydrogen) atoms. The molecule has 1 aromatic rings. The third-order valence-corrected chi connectivity index (χ3v) is 1.77. The standard InChI is InChI=1S/C10H15N.CH4O/c1-10(2,3)8-6-4-5-7-9(8)11;1-2/h4-7H,11H2,1-3H3;2H,1H3. The molecule has 1 rings (SSSR count). The molecule has 0 saturated carbocycles. The zero-order chi connectivity index (χ0) is 10.5. The Kier molecular flexibility index (Phi) is 4.49. The fraction of sp³-hybridized carbons (Fsp3) is 0.455. The molecule has 2 heteroatoms. The van der Waals surface area contributed by atoms with Gasteiger partial charge in [0.25, 0.3) is 0 Å². The van der Waals surface area contributed by atoms with Gasteiger partial charge in [-0.2, -0.15) is 0 Å². The van der Waals surface area contributed by atoms with Crippen LogP contribution in [0.15, 0.2) is 24.3 Å². The largest absolute Gasteiger partial charge is 0.400 e. The fourth-order valence-electron chi connectivity index (χ4n) is 1.18. The van der Waals surface area contributed by atoms with Crippen molar-refractivity contribution in [2.45, 2.75) is 26.2 Å². The summed E-state index contributed by atoms with van der Waals surface area (Å²) in [7, 11) is 1.00. The highest BCUT2D eigenvalue weighted by molar-refractivity contribution is 5.49. The molecule has 0 saturated heterocycles. The van der Waals surface area contributed by atoms with Crippen molar-refractivity contribution >= 4 is 5.69 Å². The van der Waals surface area contributed by atoms with Crippen molar-refractivity contribution in [3.05, 3.63) is 29.8 Å². The van der Waals surface area contributed by atoms with E-state index in [4.69, 9.17) is 10.8 Å². The molecule has 0 aliphatic carbocycles. The van der Waals surface area contributed by atoms with Gasteiger partial charge in [0.05, 0.1) is 0 Å². The topological polar surface area (TPSA) is 46.2 Å². The summed E-state index contributed by atoms with van der Waals surface area (Å²) < 4.78 is 0. The first-order valence-corrected chi connectivity index (χ1v) is 4.31.